The smallest absolute Gasteiger partial charge is 0.407 e. The van der Waals surface area contributed by atoms with E-state index in [1.807, 2.05) is 24.3 Å². The molecule has 0 atom stereocenters. The highest BCUT2D eigenvalue weighted by atomic mass is 35.5. The Morgan fingerprint density at radius 2 is 1.71 bits per heavy atom. The first-order chi connectivity index (χ1) is 15.2. The predicted molar refractivity (Wildman–Crippen MR) is 121 cm³/mol. The zero-order valence-electron chi connectivity index (χ0n) is 16.7. The number of nitrogens with one attached hydrogen (secondary N) is 1. The van der Waals surface area contributed by atoms with Gasteiger partial charge < -0.3 is 10.1 Å². The van der Waals surface area contributed by atoms with Crippen LogP contribution in [0.1, 0.15) is 39.4 Å². The molecule has 1 N–H and O–H groups in total. The molecule has 0 saturated carbocycles. The van der Waals surface area contributed by atoms with Gasteiger partial charge in [-0.3, -0.25) is 4.79 Å². The molecule has 154 valence electrons. The van der Waals surface area contributed by atoms with Crippen molar-refractivity contribution in [2.24, 2.45) is 0 Å². The van der Waals surface area contributed by atoms with Crippen LogP contribution in [0, 0.1) is 11.8 Å². The van der Waals surface area contributed by atoms with E-state index < -0.39 is 6.09 Å². The SMILES string of the molecule is O=Cc1ccc(Cl)cc1C#CCCNC(=O)OCC1c2ccccc2-c2ccccc21. The van der Waals surface area contributed by atoms with Gasteiger partial charge in [0.1, 0.15) is 6.61 Å². The monoisotopic (exact) mass is 429 g/mol. The van der Waals surface area contributed by atoms with Crippen LogP contribution in [0.5, 0.6) is 0 Å². The van der Waals surface area contributed by atoms with Gasteiger partial charge in [-0.05, 0) is 40.5 Å². The van der Waals surface area contributed by atoms with Gasteiger partial charge in [-0.2, -0.15) is 0 Å². The number of carbonyl (C=O) groups is 2. The fraction of sp³-hybridized carbons (Fsp3) is 0.154. The zero-order chi connectivity index (χ0) is 21.6. The lowest BCUT2D eigenvalue weighted by Crippen LogP contribution is -2.26. The summed E-state index contributed by atoms with van der Waals surface area (Å²) in [6.45, 7) is 0.622. The van der Waals surface area contributed by atoms with Gasteiger partial charge >= 0.3 is 6.09 Å². The van der Waals surface area contributed by atoms with Crippen LogP contribution in [0.25, 0.3) is 11.1 Å². The average molecular weight is 430 g/mol. The Hall–Kier alpha value is -3.55. The summed E-state index contributed by atoms with van der Waals surface area (Å²) >= 11 is 5.95. The molecule has 1 aliphatic rings. The van der Waals surface area contributed by atoms with Crippen LogP contribution in [-0.2, 0) is 4.74 Å². The molecule has 1 amide bonds. The molecule has 3 aromatic carbocycles. The Balaban J connectivity index is 1.30. The maximum absolute atomic E-state index is 12.2. The third kappa shape index (κ3) is 4.63. The quantitative estimate of drug-likeness (QED) is 0.334. The summed E-state index contributed by atoms with van der Waals surface area (Å²) in [6.07, 6.45) is 0.699. The standard InChI is InChI=1S/C26H20ClNO3/c27-20-13-12-19(16-29)18(15-20)7-5-6-14-28-26(30)31-17-25-23-10-3-1-8-21(23)22-9-2-4-11-24(22)25/h1-4,8-13,15-16,25H,6,14,17H2,(H,28,30). The molecule has 4 rings (SSSR count). The van der Waals surface area contributed by atoms with E-state index in [2.05, 4.69) is 41.4 Å². The highest BCUT2D eigenvalue weighted by Crippen LogP contribution is 2.44. The van der Waals surface area contributed by atoms with Crippen LogP contribution < -0.4 is 5.32 Å². The highest BCUT2D eigenvalue weighted by Gasteiger charge is 2.28. The summed E-state index contributed by atoms with van der Waals surface area (Å²) < 4.78 is 5.49. The van der Waals surface area contributed by atoms with Crippen molar-refractivity contribution in [2.45, 2.75) is 12.3 Å². The number of benzene rings is 3. The molecular weight excluding hydrogens is 410 g/mol. The van der Waals surface area contributed by atoms with Gasteiger partial charge in [-0.25, -0.2) is 4.79 Å². The minimum Gasteiger partial charge on any atom is -0.449 e. The van der Waals surface area contributed by atoms with Crippen molar-refractivity contribution in [2.75, 3.05) is 13.2 Å². The molecule has 0 fully saturated rings. The Labute approximate surface area is 186 Å². The van der Waals surface area contributed by atoms with E-state index >= 15 is 0 Å². The fourth-order valence-corrected chi connectivity index (χ4v) is 3.95. The molecule has 0 heterocycles. The summed E-state index contributed by atoms with van der Waals surface area (Å²) in [4.78, 5) is 23.2. The average Bonchev–Trinajstić information content (AvgIpc) is 3.11. The van der Waals surface area contributed by atoms with Crippen molar-refractivity contribution in [1.82, 2.24) is 5.32 Å². The number of amides is 1. The molecular formula is C26H20ClNO3. The fourth-order valence-electron chi connectivity index (χ4n) is 3.77. The Kier molecular flexibility index (Phi) is 6.35. The Bertz CT molecular complexity index is 1150. The highest BCUT2D eigenvalue weighted by molar-refractivity contribution is 6.30. The second kappa shape index (κ2) is 9.51. The molecule has 0 aliphatic heterocycles. The first-order valence-electron chi connectivity index (χ1n) is 10.00. The molecule has 31 heavy (non-hydrogen) atoms. The second-order valence-corrected chi connectivity index (χ2v) is 7.59. The maximum atomic E-state index is 12.2. The molecule has 0 bridgehead atoms. The number of rotatable bonds is 5. The topological polar surface area (TPSA) is 55.4 Å². The third-order valence-corrected chi connectivity index (χ3v) is 5.46. The van der Waals surface area contributed by atoms with E-state index in [-0.39, 0.29) is 12.5 Å². The van der Waals surface area contributed by atoms with Gasteiger partial charge in [0.25, 0.3) is 0 Å². The largest absolute Gasteiger partial charge is 0.449 e. The van der Waals surface area contributed by atoms with Gasteiger partial charge in [-0.15, -0.1) is 0 Å². The van der Waals surface area contributed by atoms with Crippen LogP contribution in [0.15, 0.2) is 66.7 Å². The lowest BCUT2D eigenvalue weighted by atomic mass is 9.98. The predicted octanol–water partition coefficient (Wildman–Crippen LogP) is 5.43. The maximum Gasteiger partial charge on any atom is 0.407 e. The second-order valence-electron chi connectivity index (χ2n) is 7.15. The molecule has 0 saturated heterocycles. The van der Waals surface area contributed by atoms with Crippen molar-refractivity contribution >= 4 is 24.0 Å². The van der Waals surface area contributed by atoms with Crippen molar-refractivity contribution < 1.29 is 14.3 Å². The van der Waals surface area contributed by atoms with Crippen molar-refractivity contribution in [3.63, 3.8) is 0 Å². The van der Waals surface area contributed by atoms with Crippen molar-refractivity contribution in [3.05, 3.63) is 94.0 Å². The molecule has 5 heteroatoms. The van der Waals surface area contributed by atoms with Crippen molar-refractivity contribution in [3.8, 4) is 23.0 Å². The number of hydrogen-bond donors (Lipinski definition) is 1. The van der Waals surface area contributed by atoms with Crippen LogP contribution >= 0.6 is 11.6 Å². The van der Waals surface area contributed by atoms with E-state index in [1.165, 1.54) is 22.3 Å². The summed E-state index contributed by atoms with van der Waals surface area (Å²) in [5, 5.41) is 3.24. The number of aldehydes is 1. The summed E-state index contributed by atoms with van der Waals surface area (Å²) in [6, 6.07) is 21.4. The molecule has 4 nitrogen and oxygen atoms in total. The zero-order valence-corrected chi connectivity index (χ0v) is 17.5. The Morgan fingerprint density at radius 1 is 1.03 bits per heavy atom. The number of halogens is 1. The first kappa shape index (κ1) is 20.7. The molecule has 1 aliphatic carbocycles. The minimum atomic E-state index is -0.472. The van der Waals surface area contributed by atoms with E-state index in [0.717, 1.165) is 6.29 Å². The van der Waals surface area contributed by atoms with Crippen LogP contribution in [0.2, 0.25) is 5.02 Å². The van der Waals surface area contributed by atoms with E-state index in [1.54, 1.807) is 18.2 Å². The first-order valence-corrected chi connectivity index (χ1v) is 10.4. The van der Waals surface area contributed by atoms with Gasteiger partial charge in [0.15, 0.2) is 6.29 Å². The Morgan fingerprint density at radius 3 is 2.39 bits per heavy atom. The lowest BCUT2D eigenvalue weighted by molar-refractivity contribution is 0.112. The number of fused-ring (bicyclic) bond motifs is 3. The minimum absolute atomic E-state index is 0.0301. The van der Waals surface area contributed by atoms with Gasteiger partial charge in [0.2, 0.25) is 0 Å². The van der Waals surface area contributed by atoms with E-state index in [4.69, 9.17) is 16.3 Å². The molecule has 3 aromatic rings. The van der Waals surface area contributed by atoms with Gasteiger partial charge in [0, 0.05) is 35.0 Å². The van der Waals surface area contributed by atoms with Gasteiger partial charge in [-0.1, -0.05) is 72.0 Å². The van der Waals surface area contributed by atoms with Crippen LogP contribution in [-0.4, -0.2) is 25.5 Å². The third-order valence-electron chi connectivity index (χ3n) is 5.23. The van der Waals surface area contributed by atoms with E-state index in [0.29, 0.717) is 29.1 Å². The normalized spacial score (nSPS) is 11.6. The molecule has 0 unspecified atom stereocenters. The van der Waals surface area contributed by atoms with Gasteiger partial charge in [0.05, 0.1) is 0 Å². The number of hydrogen-bond acceptors (Lipinski definition) is 3. The molecule has 0 aromatic heterocycles. The lowest BCUT2D eigenvalue weighted by Gasteiger charge is -2.14. The van der Waals surface area contributed by atoms with E-state index in [9.17, 15) is 9.59 Å². The summed E-state index contributed by atoms with van der Waals surface area (Å²) in [7, 11) is 0. The number of ether oxygens (including phenoxy) is 1. The number of carbonyl (C=O) groups excluding carboxylic acids is 2. The summed E-state index contributed by atoms with van der Waals surface area (Å²) in [5.41, 5.74) is 5.80. The van der Waals surface area contributed by atoms with Crippen LogP contribution in [0.4, 0.5) is 4.79 Å². The summed E-state index contributed by atoms with van der Waals surface area (Å²) in [5.74, 6) is 5.89. The molecule has 0 spiro atoms. The number of alkyl carbamates (subject to hydrolysis) is 1. The van der Waals surface area contributed by atoms with Crippen molar-refractivity contribution in [1.29, 1.82) is 0 Å². The molecule has 0 radical (unpaired) electrons. The van der Waals surface area contributed by atoms with Crippen LogP contribution in [0.3, 0.4) is 0 Å².